The van der Waals surface area contributed by atoms with Crippen LogP contribution in [0.15, 0.2) is 24.5 Å². The Labute approximate surface area is 106 Å². The summed E-state index contributed by atoms with van der Waals surface area (Å²) in [4.78, 5) is 13.9. The van der Waals surface area contributed by atoms with Gasteiger partial charge in [0.2, 0.25) is 0 Å². The second kappa shape index (κ2) is 5.01. The highest BCUT2D eigenvalue weighted by atomic mass is 19.1. The van der Waals surface area contributed by atoms with Gasteiger partial charge in [-0.05, 0) is 0 Å². The van der Waals surface area contributed by atoms with Gasteiger partial charge >= 0.3 is 0 Å². The van der Waals surface area contributed by atoms with Crippen molar-refractivity contribution in [2.75, 3.05) is 5.32 Å². The van der Waals surface area contributed by atoms with Gasteiger partial charge in [0.15, 0.2) is 5.82 Å². The van der Waals surface area contributed by atoms with E-state index in [0.717, 1.165) is 0 Å². The van der Waals surface area contributed by atoms with Gasteiger partial charge in [0, 0.05) is 25.5 Å². The number of nitrogens with zero attached hydrogens (tertiary/aromatic N) is 3. The van der Waals surface area contributed by atoms with Gasteiger partial charge in [-0.2, -0.15) is 0 Å². The second-order valence-corrected chi connectivity index (χ2v) is 3.85. The molecule has 0 aliphatic rings. The lowest BCUT2D eigenvalue weighted by Crippen LogP contribution is -2.09. The van der Waals surface area contributed by atoms with E-state index >= 15 is 0 Å². The summed E-state index contributed by atoms with van der Waals surface area (Å²) < 4.78 is 28.2. The summed E-state index contributed by atoms with van der Waals surface area (Å²) in [6.07, 6.45) is 3.24. The molecule has 0 atom stereocenters. The van der Waals surface area contributed by atoms with Gasteiger partial charge in [-0.15, -0.1) is 0 Å². The Morgan fingerprint density at radius 3 is 2.79 bits per heavy atom. The second-order valence-electron chi connectivity index (χ2n) is 3.85. The third-order valence-corrected chi connectivity index (χ3v) is 2.58. The predicted molar refractivity (Wildman–Crippen MR) is 63.5 cm³/mol. The molecular formula is C11H10F2N4O2. The SMILES string of the molecule is Cn1ccnc1CNc1c(F)cc(F)cc1[N+](=O)[O-]. The summed E-state index contributed by atoms with van der Waals surface area (Å²) in [6, 6.07) is 1.26. The van der Waals surface area contributed by atoms with E-state index in [9.17, 15) is 18.9 Å². The van der Waals surface area contributed by atoms with Crippen molar-refractivity contribution >= 4 is 11.4 Å². The Morgan fingerprint density at radius 2 is 2.21 bits per heavy atom. The summed E-state index contributed by atoms with van der Waals surface area (Å²) in [7, 11) is 1.74. The average molecular weight is 268 g/mol. The van der Waals surface area contributed by atoms with Crippen molar-refractivity contribution in [3.63, 3.8) is 0 Å². The Bertz CT molecular complexity index is 627. The molecule has 0 aliphatic carbocycles. The van der Waals surface area contributed by atoms with E-state index in [1.165, 1.54) is 0 Å². The molecule has 19 heavy (non-hydrogen) atoms. The maximum absolute atomic E-state index is 13.6. The number of rotatable bonds is 4. The van der Waals surface area contributed by atoms with Crippen molar-refractivity contribution in [1.82, 2.24) is 9.55 Å². The van der Waals surface area contributed by atoms with E-state index in [1.54, 1.807) is 24.0 Å². The number of halogens is 2. The van der Waals surface area contributed by atoms with Crippen LogP contribution in [0.5, 0.6) is 0 Å². The van der Waals surface area contributed by atoms with Crippen LogP contribution in [-0.4, -0.2) is 14.5 Å². The topological polar surface area (TPSA) is 73.0 Å². The number of anilines is 1. The highest BCUT2D eigenvalue weighted by Gasteiger charge is 2.20. The number of benzene rings is 1. The Kier molecular flexibility index (Phi) is 3.41. The third kappa shape index (κ3) is 2.67. The van der Waals surface area contributed by atoms with E-state index in [-0.39, 0.29) is 12.2 Å². The van der Waals surface area contributed by atoms with Crippen LogP contribution in [0.4, 0.5) is 20.2 Å². The van der Waals surface area contributed by atoms with Crippen molar-refractivity contribution < 1.29 is 13.7 Å². The highest BCUT2D eigenvalue weighted by molar-refractivity contribution is 5.62. The quantitative estimate of drug-likeness (QED) is 0.681. The van der Waals surface area contributed by atoms with Gasteiger partial charge in [0.25, 0.3) is 5.69 Å². The van der Waals surface area contributed by atoms with Crippen molar-refractivity contribution in [3.8, 4) is 0 Å². The van der Waals surface area contributed by atoms with Gasteiger partial charge < -0.3 is 9.88 Å². The minimum Gasteiger partial charge on any atom is -0.370 e. The van der Waals surface area contributed by atoms with Crippen molar-refractivity contribution in [3.05, 3.63) is 52.1 Å². The Hall–Kier alpha value is -2.51. The molecule has 2 aromatic rings. The molecule has 0 bridgehead atoms. The van der Waals surface area contributed by atoms with Gasteiger partial charge in [-0.1, -0.05) is 0 Å². The third-order valence-electron chi connectivity index (χ3n) is 2.58. The molecule has 0 spiro atoms. The Balaban J connectivity index is 2.29. The molecule has 0 amide bonds. The van der Waals surface area contributed by atoms with Crippen LogP contribution in [0, 0.1) is 21.7 Å². The maximum atomic E-state index is 13.6. The van der Waals surface area contributed by atoms with Gasteiger partial charge in [0.1, 0.15) is 17.3 Å². The molecule has 8 heteroatoms. The lowest BCUT2D eigenvalue weighted by molar-refractivity contribution is -0.384. The number of hydrogen-bond donors (Lipinski definition) is 1. The molecular weight excluding hydrogens is 258 g/mol. The van der Waals surface area contributed by atoms with Gasteiger partial charge in [-0.25, -0.2) is 13.8 Å². The fourth-order valence-corrected chi connectivity index (χ4v) is 1.61. The first-order valence-electron chi connectivity index (χ1n) is 5.32. The molecule has 6 nitrogen and oxygen atoms in total. The van der Waals surface area contributed by atoms with Crippen LogP contribution in [-0.2, 0) is 13.6 Å². The minimum atomic E-state index is -1.01. The van der Waals surface area contributed by atoms with Gasteiger partial charge in [0.05, 0.1) is 17.5 Å². The number of hydrogen-bond acceptors (Lipinski definition) is 4. The van der Waals surface area contributed by atoms with Crippen LogP contribution in [0.1, 0.15) is 5.82 Å². The van der Waals surface area contributed by atoms with Crippen LogP contribution >= 0.6 is 0 Å². The first-order chi connectivity index (χ1) is 8.99. The normalized spacial score (nSPS) is 10.5. The summed E-state index contributed by atoms with van der Waals surface area (Å²) in [5.74, 6) is -1.44. The van der Waals surface area contributed by atoms with Crippen LogP contribution < -0.4 is 5.32 Å². The number of nitro groups is 1. The van der Waals surface area contributed by atoms with Gasteiger partial charge in [-0.3, -0.25) is 10.1 Å². The summed E-state index contributed by atoms with van der Waals surface area (Å²) in [5.41, 5.74) is -0.999. The maximum Gasteiger partial charge on any atom is 0.298 e. The van der Waals surface area contributed by atoms with E-state index in [2.05, 4.69) is 10.3 Å². The number of imidazole rings is 1. The van der Waals surface area contributed by atoms with Crippen molar-refractivity contribution in [1.29, 1.82) is 0 Å². The number of nitro benzene ring substituents is 1. The fraction of sp³-hybridized carbons (Fsp3) is 0.182. The summed E-state index contributed by atoms with van der Waals surface area (Å²) >= 11 is 0. The van der Waals surface area contributed by atoms with Crippen LogP contribution in [0.3, 0.4) is 0 Å². The molecule has 0 fully saturated rings. The molecule has 2 rings (SSSR count). The van der Waals surface area contributed by atoms with E-state index in [0.29, 0.717) is 18.0 Å². The molecule has 100 valence electrons. The Morgan fingerprint density at radius 1 is 1.47 bits per heavy atom. The number of nitrogens with one attached hydrogen (secondary N) is 1. The fourth-order valence-electron chi connectivity index (χ4n) is 1.61. The van der Waals surface area contributed by atoms with Crippen LogP contribution in [0.2, 0.25) is 0 Å². The van der Waals surface area contributed by atoms with Crippen LogP contribution in [0.25, 0.3) is 0 Å². The molecule has 1 aromatic heterocycles. The van der Waals surface area contributed by atoms with Crippen molar-refractivity contribution in [2.45, 2.75) is 6.54 Å². The van der Waals surface area contributed by atoms with E-state index in [4.69, 9.17) is 0 Å². The number of aryl methyl sites for hydroxylation is 1. The first-order valence-corrected chi connectivity index (χ1v) is 5.32. The predicted octanol–water partition coefficient (Wildman–Crippen LogP) is 2.22. The molecule has 0 unspecified atom stereocenters. The molecule has 0 saturated heterocycles. The number of aromatic nitrogens is 2. The van der Waals surface area contributed by atoms with Crippen molar-refractivity contribution in [2.24, 2.45) is 7.05 Å². The zero-order chi connectivity index (χ0) is 14.0. The van der Waals surface area contributed by atoms with E-state index < -0.39 is 22.2 Å². The largest absolute Gasteiger partial charge is 0.370 e. The lowest BCUT2D eigenvalue weighted by atomic mass is 10.2. The monoisotopic (exact) mass is 268 g/mol. The molecule has 0 aliphatic heterocycles. The zero-order valence-corrected chi connectivity index (χ0v) is 9.93. The van der Waals surface area contributed by atoms with E-state index in [1.807, 2.05) is 0 Å². The summed E-state index contributed by atoms with van der Waals surface area (Å²) in [6.45, 7) is 0.0902. The zero-order valence-electron chi connectivity index (χ0n) is 9.93. The summed E-state index contributed by atoms with van der Waals surface area (Å²) in [5, 5.41) is 13.3. The standard InChI is InChI=1S/C11H10F2N4O2/c1-16-3-2-14-10(16)6-15-11-8(13)4-7(12)5-9(11)17(18)19/h2-5,15H,6H2,1H3. The average Bonchev–Trinajstić information content (AvgIpc) is 2.73. The first kappa shape index (κ1) is 12.9. The molecule has 1 aromatic carbocycles. The molecule has 0 radical (unpaired) electrons. The molecule has 1 N–H and O–H groups in total. The highest BCUT2D eigenvalue weighted by Crippen LogP contribution is 2.28. The molecule has 0 saturated carbocycles. The lowest BCUT2D eigenvalue weighted by Gasteiger charge is -2.08. The molecule has 1 heterocycles. The smallest absolute Gasteiger partial charge is 0.298 e. The minimum absolute atomic E-state index is 0.0902.